The van der Waals surface area contributed by atoms with E-state index in [2.05, 4.69) is 27.9 Å². The molecule has 6 heteroatoms. The summed E-state index contributed by atoms with van der Waals surface area (Å²) < 4.78 is 5.88. The maximum Gasteiger partial charge on any atom is 0.319 e. The number of nitriles is 1. The topological polar surface area (TPSA) is 88.1 Å². The first kappa shape index (κ1) is 21.6. The second-order valence-electron chi connectivity index (χ2n) is 8.39. The standard InChI is InChI=1S/C23H35N5O/c1-3-10-17(2)29-23-26-21-19(18(16-24)15-20(21)22(25)27-23)11-6-4-7-12-28-13-8-5-9-14-28/h17H,3-15H2,1-2H3,(H2,25,26,27)/t17-/m0/s1. The van der Waals surface area contributed by atoms with Crippen molar-refractivity contribution in [3.8, 4) is 12.1 Å². The minimum absolute atomic E-state index is 0.0523. The van der Waals surface area contributed by atoms with Gasteiger partial charge in [0.2, 0.25) is 0 Å². The van der Waals surface area contributed by atoms with Crippen molar-refractivity contribution in [3.63, 3.8) is 0 Å². The molecular formula is C23H35N5O. The number of ether oxygens (including phenoxy) is 1. The highest BCUT2D eigenvalue weighted by Gasteiger charge is 2.27. The zero-order valence-corrected chi connectivity index (χ0v) is 18.0. The second kappa shape index (κ2) is 10.6. The van der Waals surface area contributed by atoms with Crippen molar-refractivity contribution in [2.24, 2.45) is 0 Å². The van der Waals surface area contributed by atoms with Gasteiger partial charge in [0.25, 0.3) is 0 Å². The molecule has 158 valence electrons. The summed E-state index contributed by atoms with van der Waals surface area (Å²) >= 11 is 0. The Morgan fingerprint density at radius 1 is 1.17 bits per heavy atom. The van der Waals surface area contributed by atoms with Gasteiger partial charge >= 0.3 is 6.01 Å². The third-order valence-corrected chi connectivity index (χ3v) is 6.01. The summed E-state index contributed by atoms with van der Waals surface area (Å²) in [7, 11) is 0. The Balaban J connectivity index is 1.60. The number of nitrogens with two attached hydrogens (primary N) is 1. The Labute approximate surface area is 175 Å². The molecule has 0 amide bonds. The van der Waals surface area contributed by atoms with E-state index in [4.69, 9.17) is 10.5 Å². The van der Waals surface area contributed by atoms with Crippen LogP contribution in [-0.4, -0.2) is 40.6 Å². The number of rotatable bonds is 10. The van der Waals surface area contributed by atoms with Crippen LogP contribution < -0.4 is 10.5 Å². The summed E-state index contributed by atoms with van der Waals surface area (Å²) in [4.78, 5) is 11.6. The number of aromatic nitrogens is 2. The van der Waals surface area contributed by atoms with Gasteiger partial charge in [0.1, 0.15) is 5.82 Å². The van der Waals surface area contributed by atoms with Gasteiger partial charge in [-0.05, 0) is 70.7 Å². The van der Waals surface area contributed by atoms with E-state index < -0.39 is 0 Å². The molecule has 1 aliphatic carbocycles. The lowest BCUT2D eigenvalue weighted by Gasteiger charge is -2.26. The van der Waals surface area contributed by atoms with Crippen molar-refractivity contribution in [3.05, 3.63) is 16.8 Å². The molecule has 2 heterocycles. The molecule has 29 heavy (non-hydrogen) atoms. The molecule has 1 aromatic rings. The molecule has 0 saturated carbocycles. The van der Waals surface area contributed by atoms with E-state index in [0.717, 1.165) is 48.1 Å². The number of nitrogen functional groups attached to an aromatic ring is 1. The average Bonchev–Trinajstić information content (AvgIpc) is 3.07. The molecule has 0 radical (unpaired) electrons. The first-order valence-electron chi connectivity index (χ1n) is 11.3. The number of hydrogen-bond acceptors (Lipinski definition) is 6. The maximum atomic E-state index is 9.62. The quantitative estimate of drug-likeness (QED) is 0.585. The Bertz CT molecular complexity index is 761. The monoisotopic (exact) mass is 397 g/mol. The molecule has 0 bridgehead atoms. The number of hydrogen-bond donors (Lipinski definition) is 1. The second-order valence-corrected chi connectivity index (χ2v) is 8.39. The van der Waals surface area contributed by atoms with E-state index in [1.165, 1.54) is 51.7 Å². The molecule has 1 fully saturated rings. The number of nitrogens with zero attached hydrogens (tertiary/aromatic N) is 4. The highest BCUT2D eigenvalue weighted by atomic mass is 16.5. The van der Waals surface area contributed by atoms with Gasteiger partial charge in [-0.2, -0.15) is 15.2 Å². The first-order valence-corrected chi connectivity index (χ1v) is 11.3. The number of piperidine rings is 1. The van der Waals surface area contributed by atoms with Crippen LogP contribution in [0.1, 0.15) is 82.9 Å². The zero-order chi connectivity index (χ0) is 20.6. The predicted molar refractivity (Wildman–Crippen MR) is 116 cm³/mol. The molecule has 2 aliphatic rings. The van der Waals surface area contributed by atoms with Crippen LogP contribution in [0.2, 0.25) is 0 Å². The molecule has 0 unspecified atom stereocenters. The third-order valence-electron chi connectivity index (χ3n) is 6.01. The fourth-order valence-corrected chi connectivity index (χ4v) is 4.40. The van der Waals surface area contributed by atoms with Gasteiger partial charge in [-0.15, -0.1) is 0 Å². The van der Waals surface area contributed by atoms with Gasteiger partial charge in [0.05, 0.1) is 17.9 Å². The zero-order valence-electron chi connectivity index (χ0n) is 18.0. The summed E-state index contributed by atoms with van der Waals surface area (Å²) in [5.41, 5.74) is 9.75. The number of allylic oxidation sites excluding steroid dienone is 2. The normalized spacial score (nSPS) is 17.8. The van der Waals surface area contributed by atoms with E-state index in [1.54, 1.807) is 0 Å². The molecule has 6 nitrogen and oxygen atoms in total. The lowest BCUT2D eigenvalue weighted by atomic mass is 10.0. The SMILES string of the molecule is CCC[C@H](C)Oc1nc(N)c2c(n1)C(CCCCCN1CCCCC1)=C(C#N)C2. The Kier molecular flexibility index (Phi) is 7.88. The fourth-order valence-electron chi connectivity index (χ4n) is 4.40. The molecule has 1 aromatic heterocycles. The van der Waals surface area contributed by atoms with E-state index in [-0.39, 0.29) is 6.10 Å². The van der Waals surface area contributed by atoms with E-state index in [0.29, 0.717) is 18.2 Å². The molecule has 2 N–H and O–H groups in total. The minimum atomic E-state index is 0.0523. The largest absolute Gasteiger partial charge is 0.460 e. The van der Waals surface area contributed by atoms with Gasteiger partial charge < -0.3 is 15.4 Å². The van der Waals surface area contributed by atoms with Crippen molar-refractivity contribution in [1.29, 1.82) is 5.26 Å². The smallest absolute Gasteiger partial charge is 0.319 e. The van der Waals surface area contributed by atoms with Crippen molar-refractivity contribution in [2.75, 3.05) is 25.4 Å². The Morgan fingerprint density at radius 3 is 2.69 bits per heavy atom. The highest BCUT2D eigenvalue weighted by Crippen LogP contribution is 2.38. The molecule has 1 saturated heterocycles. The summed E-state index contributed by atoms with van der Waals surface area (Å²) in [5.74, 6) is 0.446. The van der Waals surface area contributed by atoms with Crippen molar-refractivity contribution in [2.45, 2.75) is 84.2 Å². The van der Waals surface area contributed by atoms with Gasteiger partial charge in [0, 0.05) is 17.6 Å². The highest BCUT2D eigenvalue weighted by molar-refractivity contribution is 5.79. The first-order chi connectivity index (χ1) is 14.1. The molecule has 1 aliphatic heterocycles. The maximum absolute atomic E-state index is 9.62. The fraction of sp³-hybridized carbons (Fsp3) is 0.696. The van der Waals surface area contributed by atoms with Gasteiger partial charge in [-0.3, -0.25) is 0 Å². The summed E-state index contributed by atoms with van der Waals surface area (Å²) in [6.45, 7) is 7.86. The molecule has 1 atom stereocenters. The van der Waals surface area contributed by atoms with Crippen LogP contribution in [0.5, 0.6) is 6.01 Å². The van der Waals surface area contributed by atoms with E-state index in [9.17, 15) is 5.26 Å². The Hall–Kier alpha value is -2.13. The summed E-state index contributed by atoms with van der Waals surface area (Å²) in [6, 6.07) is 2.71. The average molecular weight is 398 g/mol. The van der Waals surface area contributed by atoms with Crippen molar-refractivity contribution >= 4 is 11.4 Å². The van der Waals surface area contributed by atoms with Crippen molar-refractivity contribution < 1.29 is 4.74 Å². The Morgan fingerprint density at radius 2 is 1.97 bits per heavy atom. The lowest BCUT2D eigenvalue weighted by molar-refractivity contribution is 0.192. The van der Waals surface area contributed by atoms with Gasteiger partial charge in [0.15, 0.2) is 0 Å². The molecule has 0 aromatic carbocycles. The molecule has 3 rings (SSSR count). The van der Waals surface area contributed by atoms with E-state index in [1.807, 2.05) is 6.92 Å². The summed E-state index contributed by atoms with van der Waals surface area (Å²) in [6.07, 6.45) is 11.0. The lowest BCUT2D eigenvalue weighted by Crippen LogP contribution is -2.30. The number of unbranched alkanes of at least 4 members (excludes halogenated alkanes) is 2. The predicted octanol–water partition coefficient (Wildman–Crippen LogP) is 4.51. The molecule has 0 spiro atoms. The summed E-state index contributed by atoms with van der Waals surface area (Å²) in [5, 5.41) is 9.62. The third kappa shape index (κ3) is 5.70. The van der Waals surface area contributed by atoms with Gasteiger partial charge in [-0.25, -0.2) is 0 Å². The number of fused-ring (bicyclic) bond motifs is 1. The number of likely N-dealkylation sites (tertiary alicyclic amines) is 1. The molecular weight excluding hydrogens is 362 g/mol. The van der Waals surface area contributed by atoms with Crippen LogP contribution in [-0.2, 0) is 6.42 Å². The van der Waals surface area contributed by atoms with E-state index >= 15 is 0 Å². The van der Waals surface area contributed by atoms with Crippen LogP contribution in [0.4, 0.5) is 5.82 Å². The van der Waals surface area contributed by atoms with Crippen LogP contribution in [0, 0.1) is 11.3 Å². The minimum Gasteiger partial charge on any atom is -0.460 e. The van der Waals surface area contributed by atoms with Crippen molar-refractivity contribution in [1.82, 2.24) is 14.9 Å². The van der Waals surface area contributed by atoms with Crippen LogP contribution in [0.15, 0.2) is 5.57 Å². The van der Waals surface area contributed by atoms with Gasteiger partial charge in [-0.1, -0.05) is 26.2 Å². The van der Waals surface area contributed by atoms with Crippen LogP contribution in [0.25, 0.3) is 5.57 Å². The number of anilines is 1. The van der Waals surface area contributed by atoms with Crippen LogP contribution >= 0.6 is 0 Å². The van der Waals surface area contributed by atoms with Crippen LogP contribution in [0.3, 0.4) is 0 Å².